The summed E-state index contributed by atoms with van der Waals surface area (Å²) < 4.78 is 0. The van der Waals surface area contributed by atoms with Crippen LogP contribution in [-0.2, 0) is 21.7 Å². The van der Waals surface area contributed by atoms with Gasteiger partial charge in [0.15, 0.2) is 0 Å². The van der Waals surface area contributed by atoms with E-state index in [2.05, 4.69) is 39.5 Å². The van der Waals surface area contributed by atoms with Crippen molar-refractivity contribution >= 4 is 0 Å². The van der Waals surface area contributed by atoms with Crippen LogP contribution >= 0.6 is 0 Å². The average Bonchev–Trinajstić information content (AvgIpc) is 2.13. The van der Waals surface area contributed by atoms with Gasteiger partial charge in [0.05, 0.1) is 0 Å². The van der Waals surface area contributed by atoms with Crippen molar-refractivity contribution in [2.24, 2.45) is 5.41 Å². The average molecular weight is 335 g/mol. The maximum Gasteiger partial charge on any atom is 0.0483 e. The van der Waals surface area contributed by atoms with Crippen LogP contribution < -0.4 is 0 Å². The van der Waals surface area contributed by atoms with Crippen molar-refractivity contribution < 1.29 is 37.0 Å². The van der Waals surface area contributed by atoms with Crippen LogP contribution in [-0.4, -0.2) is 33.6 Å². The Morgan fingerprint density at radius 3 is 0.905 bits per heavy atom. The Morgan fingerprint density at radius 1 is 0.619 bits per heavy atom. The molecule has 0 atom stereocenters. The van der Waals surface area contributed by atoms with Crippen molar-refractivity contribution in [1.29, 1.82) is 0 Å². The first-order valence-electron chi connectivity index (χ1n) is 7.15. The molecule has 0 bridgehead atoms. The third kappa shape index (κ3) is 63.4. The van der Waals surface area contributed by atoms with Gasteiger partial charge in [-0.15, -0.1) is 0 Å². The second-order valence-electron chi connectivity index (χ2n) is 6.01. The van der Waals surface area contributed by atoms with Gasteiger partial charge in [0.1, 0.15) is 0 Å². The van der Waals surface area contributed by atoms with E-state index in [0.717, 1.165) is 0 Å². The summed E-state index contributed by atoms with van der Waals surface area (Å²) in [4.78, 5) is 0. The summed E-state index contributed by atoms with van der Waals surface area (Å²) in [5.74, 6) is 0. The molecule has 0 spiro atoms. The van der Waals surface area contributed by atoms with Crippen molar-refractivity contribution in [1.82, 2.24) is 0 Å². The first-order chi connectivity index (χ1) is 8.90. The maximum absolute atomic E-state index is 8.06. The molecular formula is C17H35O3Ti. The molecular weight excluding hydrogens is 300 g/mol. The fourth-order valence-corrected chi connectivity index (χ4v) is 0.727. The van der Waals surface area contributed by atoms with E-state index in [1.54, 1.807) is 41.5 Å². The van der Waals surface area contributed by atoms with Crippen LogP contribution in [0.1, 0.15) is 55.4 Å². The van der Waals surface area contributed by atoms with E-state index in [0.29, 0.717) is 0 Å². The third-order valence-electron chi connectivity index (χ3n) is 1.27. The molecule has 1 aliphatic carbocycles. The minimum absolute atomic E-state index is 0. The Labute approximate surface area is 148 Å². The van der Waals surface area contributed by atoms with E-state index < -0.39 is 0 Å². The fourth-order valence-electron chi connectivity index (χ4n) is 0.727. The normalized spacial score (nSPS) is 15.7. The molecule has 21 heavy (non-hydrogen) atoms. The zero-order valence-corrected chi connectivity index (χ0v) is 16.5. The monoisotopic (exact) mass is 335 g/mol. The molecule has 3 nitrogen and oxygen atoms in total. The van der Waals surface area contributed by atoms with Gasteiger partial charge in [0, 0.05) is 40.0 Å². The number of aliphatic hydroxyl groups excluding tert-OH is 3. The van der Waals surface area contributed by atoms with Crippen LogP contribution in [0.15, 0.2) is 0 Å². The van der Waals surface area contributed by atoms with Gasteiger partial charge in [-0.25, -0.2) is 0 Å². The van der Waals surface area contributed by atoms with Gasteiger partial charge in [0.2, 0.25) is 0 Å². The molecule has 0 amide bonds. The van der Waals surface area contributed by atoms with Gasteiger partial charge in [-0.05, 0) is 79.1 Å². The Balaban J connectivity index is -0.0000000973. The van der Waals surface area contributed by atoms with Crippen molar-refractivity contribution in [2.45, 2.75) is 73.7 Å². The second-order valence-corrected chi connectivity index (χ2v) is 6.01. The molecule has 0 aromatic heterocycles. The van der Waals surface area contributed by atoms with E-state index in [9.17, 15) is 0 Å². The van der Waals surface area contributed by atoms with Crippen molar-refractivity contribution in [3.05, 3.63) is 32.1 Å². The minimum Gasteiger partial charge on any atom is -0.394 e. The van der Waals surface area contributed by atoms with Crippen molar-refractivity contribution in [2.75, 3.05) is 0 Å². The van der Waals surface area contributed by atoms with Gasteiger partial charge in [0.25, 0.3) is 0 Å². The van der Waals surface area contributed by atoms with Crippen LogP contribution in [0.2, 0.25) is 0 Å². The van der Waals surface area contributed by atoms with E-state index in [4.69, 9.17) is 15.3 Å². The topological polar surface area (TPSA) is 60.7 Å². The summed E-state index contributed by atoms with van der Waals surface area (Å²) in [6.07, 6.45) is 10.1. The summed E-state index contributed by atoms with van der Waals surface area (Å²) in [5.41, 5.74) is 0.286. The number of rotatable bonds is 0. The first kappa shape index (κ1) is 29.6. The zero-order valence-electron chi connectivity index (χ0n) is 15.0. The standard InChI is InChI=1S/C8H11.3C3H8O.Ti/c1-8(2)6-4-3-5-7-8;3*1-3(2)4;/h3-7H,1-2H3;3*3-4H,1-2H3;. The predicted octanol–water partition coefficient (Wildman–Crippen LogP) is 3.21. The van der Waals surface area contributed by atoms with Gasteiger partial charge < -0.3 is 15.3 Å². The molecule has 0 saturated heterocycles. The van der Waals surface area contributed by atoms with Crippen LogP contribution in [0.25, 0.3) is 0 Å². The van der Waals surface area contributed by atoms with Crippen LogP contribution in [0.4, 0.5) is 0 Å². The van der Waals surface area contributed by atoms with E-state index in [1.165, 1.54) is 0 Å². The number of hydrogen-bond acceptors (Lipinski definition) is 3. The molecule has 0 aliphatic heterocycles. The van der Waals surface area contributed by atoms with Gasteiger partial charge in [-0.1, -0.05) is 13.8 Å². The molecule has 0 unspecified atom stereocenters. The first-order valence-corrected chi connectivity index (χ1v) is 7.15. The molecule has 1 rings (SSSR count). The second kappa shape index (κ2) is 18.6. The smallest absolute Gasteiger partial charge is 0.0483 e. The van der Waals surface area contributed by atoms with Crippen LogP contribution in [0.5, 0.6) is 0 Å². The minimum atomic E-state index is -0.167. The Bertz CT molecular complexity index is 150. The summed E-state index contributed by atoms with van der Waals surface area (Å²) in [5, 5.41) is 24.2. The quantitative estimate of drug-likeness (QED) is 0.596. The Hall–Kier alpha value is 0.594. The molecule has 125 valence electrons. The summed E-state index contributed by atoms with van der Waals surface area (Å²) in [7, 11) is 0. The van der Waals surface area contributed by atoms with Gasteiger partial charge in [-0.3, -0.25) is 0 Å². The molecule has 0 heterocycles. The summed E-state index contributed by atoms with van der Waals surface area (Å²) in [6.45, 7) is 14.7. The molecule has 0 aromatic carbocycles. The third-order valence-corrected chi connectivity index (χ3v) is 1.27. The molecule has 1 aliphatic rings. The van der Waals surface area contributed by atoms with Crippen molar-refractivity contribution in [3.63, 3.8) is 0 Å². The molecule has 5 radical (unpaired) electrons. The maximum atomic E-state index is 8.06. The largest absolute Gasteiger partial charge is 0.394 e. The van der Waals surface area contributed by atoms with Crippen molar-refractivity contribution in [3.8, 4) is 0 Å². The van der Waals surface area contributed by atoms with Gasteiger partial charge in [-0.2, -0.15) is 0 Å². The fraction of sp³-hybridized carbons (Fsp3) is 0.706. The van der Waals surface area contributed by atoms with Gasteiger partial charge >= 0.3 is 0 Å². The Morgan fingerprint density at radius 2 is 0.810 bits per heavy atom. The van der Waals surface area contributed by atoms with E-state index >= 15 is 0 Å². The van der Waals surface area contributed by atoms with Crippen LogP contribution in [0.3, 0.4) is 0 Å². The van der Waals surface area contributed by atoms with E-state index in [1.807, 2.05) is 6.42 Å². The summed E-state index contributed by atoms with van der Waals surface area (Å²) >= 11 is 0. The molecule has 1 fully saturated rings. The number of hydrogen-bond donors (Lipinski definition) is 3. The zero-order chi connectivity index (χ0) is 16.8. The number of aliphatic hydroxyl groups is 3. The summed E-state index contributed by atoms with van der Waals surface area (Å²) in [6, 6.07) is 0. The molecule has 4 heteroatoms. The van der Waals surface area contributed by atoms with E-state index in [-0.39, 0.29) is 45.4 Å². The molecule has 0 aromatic rings. The predicted molar refractivity (Wildman–Crippen MR) is 87.3 cm³/mol. The van der Waals surface area contributed by atoms with Crippen LogP contribution in [0, 0.1) is 37.5 Å². The molecule has 3 N–H and O–H groups in total. The molecule has 1 saturated carbocycles. The SMILES string of the molecule is CC(C)O.CC(C)O.CC(C)O.CC1(C)[CH][CH][CH][CH][CH]1.[Ti]. The Kier molecular flexibility index (Phi) is 26.3.